The highest BCUT2D eigenvalue weighted by atomic mass is 79.9. The normalized spacial score (nSPS) is 12.5. The van der Waals surface area contributed by atoms with Gasteiger partial charge in [0.1, 0.15) is 0 Å². The number of anilines is 1. The molecular weight excluding hydrogens is 382 g/mol. The van der Waals surface area contributed by atoms with Gasteiger partial charge in [-0.3, -0.25) is 5.32 Å². The zero-order chi connectivity index (χ0) is 16.4. The summed E-state index contributed by atoms with van der Waals surface area (Å²) in [6.07, 6.45) is 0. The van der Waals surface area contributed by atoms with E-state index in [0.717, 1.165) is 11.0 Å². The Bertz CT molecular complexity index is 964. The number of imidazole rings is 1. The molecule has 0 saturated heterocycles. The fourth-order valence-electron chi connectivity index (χ4n) is 1.97. The first-order valence-corrected chi connectivity index (χ1v) is 8.75. The second kappa shape index (κ2) is 6.01. The number of halogens is 1. The second-order valence-corrected chi connectivity index (χ2v) is 7.16. The summed E-state index contributed by atoms with van der Waals surface area (Å²) < 4.78 is 28.6. The number of aromatic amines is 1. The van der Waals surface area contributed by atoms with Gasteiger partial charge >= 0.3 is 0 Å². The Kier molecular flexibility index (Phi) is 4.05. The molecule has 0 aliphatic heterocycles. The topological polar surface area (TPSA) is 113 Å². The van der Waals surface area contributed by atoms with Crippen molar-refractivity contribution >= 4 is 48.9 Å². The third-order valence-electron chi connectivity index (χ3n) is 2.95. The summed E-state index contributed by atoms with van der Waals surface area (Å²) in [5.41, 5.74) is 7.21. The van der Waals surface area contributed by atoms with E-state index in [1.165, 1.54) is 12.1 Å². The highest BCUT2D eigenvalue weighted by Gasteiger charge is 2.14. The molecule has 23 heavy (non-hydrogen) atoms. The Balaban J connectivity index is 1.86. The number of benzene rings is 2. The van der Waals surface area contributed by atoms with E-state index in [4.69, 9.17) is 5.73 Å². The van der Waals surface area contributed by atoms with E-state index >= 15 is 0 Å². The number of hydrogen-bond acceptors (Lipinski definition) is 3. The molecule has 0 radical (unpaired) electrons. The highest BCUT2D eigenvalue weighted by Crippen LogP contribution is 2.18. The van der Waals surface area contributed by atoms with Crippen LogP contribution in [0, 0.1) is 0 Å². The van der Waals surface area contributed by atoms with Crippen LogP contribution in [0.1, 0.15) is 0 Å². The molecule has 3 rings (SSSR count). The highest BCUT2D eigenvalue weighted by molar-refractivity contribution is 9.10. The summed E-state index contributed by atoms with van der Waals surface area (Å²) in [7, 11) is -3.90. The average molecular weight is 394 g/mol. The molecule has 0 aliphatic carbocycles. The standard InChI is InChI=1S/C14H12BrN5O2S/c15-9-4-3-5-10(8-9)23(21,22)20-13(16)19-14-17-11-6-1-2-7-12(11)18-14/h1-8H,(H4,16,17,18,19,20). The number of H-pyrrole nitrogens is 1. The summed E-state index contributed by atoms with van der Waals surface area (Å²) in [5, 5.41) is 2.64. The van der Waals surface area contributed by atoms with Gasteiger partial charge in [0.25, 0.3) is 10.0 Å². The molecule has 3 aromatic rings. The SMILES string of the molecule is N/C(=N\S(=O)(=O)c1cccc(Br)c1)Nc1nc2ccccc2[nH]1. The van der Waals surface area contributed by atoms with Crippen LogP contribution in [0.2, 0.25) is 0 Å². The Morgan fingerprint density at radius 2 is 2.00 bits per heavy atom. The molecule has 0 bridgehead atoms. The van der Waals surface area contributed by atoms with E-state index in [-0.39, 0.29) is 10.9 Å². The molecule has 2 aromatic carbocycles. The third-order valence-corrected chi connectivity index (χ3v) is 4.73. The van der Waals surface area contributed by atoms with Crippen LogP contribution >= 0.6 is 15.9 Å². The van der Waals surface area contributed by atoms with E-state index in [0.29, 0.717) is 10.4 Å². The summed E-state index contributed by atoms with van der Waals surface area (Å²) in [4.78, 5) is 7.26. The minimum atomic E-state index is -3.90. The van der Waals surface area contributed by atoms with E-state index < -0.39 is 10.0 Å². The summed E-state index contributed by atoms with van der Waals surface area (Å²) >= 11 is 3.22. The Morgan fingerprint density at radius 1 is 1.22 bits per heavy atom. The van der Waals surface area contributed by atoms with Gasteiger partial charge in [0, 0.05) is 4.47 Å². The van der Waals surface area contributed by atoms with Crippen molar-refractivity contribution < 1.29 is 8.42 Å². The first-order valence-electron chi connectivity index (χ1n) is 6.52. The number of aromatic nitrogens is 2. The number of nitrogens with one attached hydrogen (secondary N) is 2. The van der Waals surface area contributed by atoms with Crippen LogP contribution in [0.25, 0.3) is 11.0 Å². The molecule has 9 heteroatoms. The van der Waals surface area contributed by atoms with Crippen molar-refractivity contribution in [3.63, 3.8) is 0 Å². The van der Waals surface area contributed by atoms with Crippen molar-refractivity contribution in [3.8, 4) is 0 Å². The second-order valence-electron chi connectivity index (χ2n) is 4.64. The molecule has 0 unspecified atom stereocenters. The number of rotatable bonds is 3. The summed E-state index contributed by atoms with van der Waals surface area (Å²) in [6, 6.07) is 13.6. The molecule has 1 aromatic heterocycles. The third kappa shape index (κ3) is 3.51. The molecule has 0 aliphatic rings. The van der Waals surface area contributed by atoms with Crippen LogP contribution in [0.4, 0.5) is 5.95 Å². The number of nitrogens with zero attached hydrogens (tertiary/aromatic N) is 2. The number of para-hydroxylation sites is 2. The Labute approximate surface area is 140 Å². The first kappa shape index (κ1) is 15.5. The molecular formula is C14H12BrN5O2S. The molecule has 4 N–H and O–H groups in total. The van der Waals surface area contributed by atoms with E-state index in [9.17, 15) is 8.42 Å². The zero-order valence-electron chi connectivity index (χ0n) is 11.7. The van der Waals surface area contributed by atoms with Gasteiger partial charge in [-0.2, -0.15) is 8.42 Å². The number of hydrogen-bond donors (Lipinski definition) is 3. The van der Waals surface area contributed by atoms with Crippen molar-refractivity contribution in [1.82, 2.24) is 9.97 Å². The van der Waals surface area contributed by atoms with Crippen molar-refractivity contribution in [2.45, 2.75) is 4.90 Å². The van der Waals surface area contributed by atoms with E-state index in [1.54, 1.807) is 12.1 Å². The molecule has 0 saturated carbocycles. The number of fused-ring (bicyclic) bond motifs is 1. The summed E-state index contributed by atoms with van der Waals surface area (Å²) in [5.74, 6) is 0.0425. The first-order chi connectivity index (χ1) is 10.9. The molecule has 0 fully saturated rings. The Morgan fingerprint density at radius 3 is 2.74 bits per heavy atom. The Hall–Kier alpha value is -2.39. The molecule has 7 nitrogen and oxygen atoms in total. The lowest BCUT2D eigenvalue weighted by Gasteiger charge is -2.03. The molecule has 0 spiro atoms. The van der Waals surface area contributed by atoms with Crippen molar-refractivity contribution in [2.24, 2.45) is 10.1 Å². The lowest BCUT2D eigenvalue weighted by Crippen LogP contribution is -2.24. The summed E-state index contributed by atoms with van der Waals surface area (Å²) in [6.45, 7) is 0. The van der Waals surface area contributed by atoms with Gasteiger partial charge < -0.3 is 10.7 Å². The lowest BCUT2D eigenvalue weighted by atomic mass is 10.3. The quantitative estimate of drug-likeness (QED) is 0.467. The number of nitrogens with two attached hydrogens (primary N) is 1. The van der Waals surface area contributed by atoms with Crippen LogP contribution in [-0.4, -0.2) is 24.3 Å². The van der Waals surface area contributed by atoms with Crippen molar-refractivity contribution in [2.75, 3.05) is 5.32 Å². The van der Waals surface area contributed by atoms with Gasteiger partial charge in [-0.1, -0.05) is 34.1 Å². The smallest absolute Gasteiger partial charge is 0.285 e. The lowest BCUT2D eigenvalue weighted by molar-refractivity contribution is 0.598. The monoisotopic (exact) mass is 393 g/mol. The maximum Gasteiger partial charge on any atom is 0.285 e. The van der Waals surface area contributed by atoms with Crippen LogP contribution < -0.4 is 11.1 Å². The van der Waals surface area contributed by atoms with Crippen molar-refractivity contribution in [3.05, 3.63) is 53.0 Å². The minimum absolute atomic E-state index is 0.0428. The largest absolute Gasteiger partial charge is 0.369 e. The van der Waals surface area contributed by atoms with Gasteiger partial charge in [0.15, 0.2) is 0 Å². The maximum atomic E-state index is 12.2. The molecule has 118 valence electrons. The zero-order valence-corrected chi connectivity index (χ0v) is 14.1. The minimum Gasteiger partial charge on any atom is -0.369 e. The number of guanidine groups is 1. The number of sulfonamides is 1. The van der Waals surface area contributed by atoms with Crippen LogP contribution in [0.3, 0.4) is 0 Å². The van der Waals surface area contributed by atoms with Gasteiger partial charge in [-0.15, -0.1) is 4.40 Å². The van der Waals surface area contributed by atoms with Crippen molar-refractivity contribution in [1.29, 1.82) is 0 Å². The molecule has 0 atom stereocenters. The predicted octanol–water partition coefficient (Wildman–Crippen LogP) is 2.44. The van der Waals surface area contributed by atoms with Gasteiger partial charge in [-0.05, 0) is 30.3 Å². The van der Waals surface area contributed by atoms with Gasteiger partial charge in [-0.25, -0.2) is 4.98 Å². The van der Waals surface area contributed by atoms with E-state index in [1.807, 2.05) is 24.3 Å². The molecule has 0 amide bonds. The maximum absolute atomic E-state index is 12.2. The van der Waals surface area contributed by atoms with Gasteiger partial charge in [0.05, 0.1) is 15.9 Å². The molecule has 1 heterocycles. The van der Waals surface area contributed by atoms with Crippen LogP contribution in [0.5, 0.6) is 0 Å². The fraction of sp³-hybridized carbons (Fsp3) is 0. The van der Waals surface area contributed by atoms with E-state index in [2.05, 4.69) is 35.6 Å². The average Bonchev–Trinajstić information content (AvgIpc) is 2.88. The fourth-order valence-corrected chi connectivity index (χ4v) is 3.45. The predicted molar refractivity (Wildman–Crippen MR) is 92.7 cm³/mol. The van der Waals surface area contributed by atoms with Gasteiger partial charge in [0.2, 0.25) is 11.9 Å². The van der Waals surface area contributed by atoms with Crippen LogP contribution in [-0.2, 0) is 10.0 Å². The van der Waals surface area contributed by atoms with Crippen LogP contribution in [0.15, 0.2) is 62.3 Å².